The van der Waals surface area contributed by atoms with Gasteiger partial charge in [-0.1, -0.05) is 54.1 Å². The molecule has 4 rings (SSSR count). The molecule has 0 spiro atoms. The molecule has 0 radical (unpaired) electrons. The van der Waals surface area contributed by atoms with Crippen molar-refractivity contribution in [3.05, 3.63) is 93.3 Å². The molecule has 32 heavy (non-hydrogen) atoms. The van der Waals surface area contributed by atoms with E-state index in [-0.39, 0.29) is 5.91 Å². The zero-order chi connectivity index (χ0) is 22.5. The predicted molar refractivity (Wildman–Crippen MR) is 131 cm³/mol. The number of amides is 1. The van der Waals surface area contributed by atoms with Crippen molar-refractivity contribution in [1.82, 2.24) is 5.32 Å². The minimum absolute atomic E-state index is 0.180. The van der Waals surface area contributed by atoms with Crippen LogP contribution in [-0.2, 0) is 11.4 Å². The number of hydrogen-bond donors (Lipinski definition) is 1. The minimum Gasteiger partial charge on any atom is -0.493 e. The number of methoxy groups -OCH3 is 1. The lowest BCUT2D eigenvalue weighted by Gasteiger charge is -2.12. The summed E-state index contributed by atoms with van der Waals surface area (Å²) in [6.45, 7) is 2.31. The molecule has 1 heterocycles. The summed E-state index contributed by atoms with van der Waals surface area (Å²) in [6.07, 6.45) is 1.81. The molecular weight excluding hydrogens is 444 g/mol. The third kappa shape index (κ3) is 5.15. The molecule has 1 amide bonds. The van der Waals surface area contributed by atoms with Gasteiger partial charge in [-0.2, -0.15) is 0 Å². The average Bonchev–Trinajstić information content (AvgIpc) is 3.13. The average molecular weight is 465 g/mol. The van der Waals surface area contributed by atoms with E-state index in [4.69, 9.17) is 21.1 Å². The molecular formula is C25H21ClN2O3S. The second-order valence-corrected chi connectivity index (χ2v) is 8.50. The fourth-order valence-corrected chi connectivity index (χ4v) is 4.12. The maximum atomic E-state index is 12.4. The normalized spacial score (nSPS) is 15.8. The summed E-state index contributed by atoms with van der Waals surface area (Å²) in [5, 5.41) is 4.03. The van der Waals surface area contributed by atoms with E-state index >= 15 is 0 Å². The largest absolute Gasteiger partial charge is 0.493 e. The molecule has 0 bridgehead atoms. The third-order valence-electron chi connectivity index (χ3n) is 4.81. The molecule has 5 nitrogen and oxygen atoms in total. The molecule has 3 aromatic rings. The Morgan fingerprint density at radius 3 is 2.62 bits per heavy atom. The first kappa shape index (κ1) is 22.0. The van der Waals surface area contributed by atoms with Crippen LogP contribution < -0.4 is 14.8 Å². The molecule has 0 atom stereocenters. The number of ether oxygens (including phenoxy) is 2. The van der Waals surface area contributed by atoms with E-state index in [9.17, 15) is 4.79 Å². The van der Waals surface area contributed by atoms with E-state index in [1.165, 1.54) is 11.8 Å². The molecule has 162 valence electrons. The summed E-state index contributed by atoms with van der Waals surface area (Å²) in [5.74, 6) is 0.990. The van der Waals surface area contributed by atoms with Gasteiger partial charge in [0, 0.05) is 10.6 Å². The van der Waals surface area contributed by atoms with Crippen LogP contribution in [0.5, 0.6) is 11.5 Å². The Labute approximate surface area is 196 Å². The van der Waals surface area contributed by atoms with Gasteiger partial charge in [0.25, 0.3) is 5.91 Å². The van der Waals surface area contributed by atoms with Gasteiger partial charge >= 0.3 is 0 Å². The Kier molecular flexibility index (Phi) is 6.83. The number of hydrogen-bond acceptors (Lipinski definition) is 5. The quantitative estimate of drug-likeness (QED) is 0.446. The van der Waals surface area contributed by atoms with Crippen LogP contribution in [0.25, 0.3) is 6.08 Å². The van der Waals surface area contributed by atoms with E-state index < -0.39 is 0 Å². The molecule has 7 heteroatoms. The highest BCUT2D eigenvalue weighted by atomic mass is 35.5. The van der Waals surface area contributed by atoms with Gasteiger partial charge in [0.05, 0.1) is 17.7 Å². The zero-order valence-electron chi connectivity index (χ0n) is 17.6. The smallest absolute Gasteiger partial charge is 0.264 e. The number of aliphatic imine (C=N–C) groups is 1. The molecule has 1 fully saturated rings. The third-order valence-corrected chi connectivity index (χ3v) is 6.09. The second kappa shape index (κ2) is 9.94. The highest BCUT2D eigenvalue weighted by molar-refractivity contribution is 8.18. The number of para-hydroxylation sites is 1. The molecule has 1 N–H and O–H groups in total. The fraction of sp³-hybridized carbons (Fsp3) is 0.120. The van der Waals surface area contributed by atoms with Crippen molar-refractivity contribution in [3.8, 4) is 11.5 Å². The van der Waals surface area contributed by atoms with Crippen molar-refractivity contribution in [3.63, 3.8) is 0 Å². The van der Waals surface area contributed by atoms with Crippen LogP contribution in [0.4, 0.5) is 5.69 Å². The lowest BCUT2D eigenvalue weighted by atomic mass is 10.2. The summed E-state index contributed by atoms with van der Waals surface area (Å²) in [4.78, 5) is 17.5. The number of aryl methyl sites for hydroxylation is 1. The number of nitrogens with zero attached hydrogens (tertiary/aromatic N) is 1. The van der Waals surface area contributed by atoms with Crippen molar-refractivity contribution in [2.24, 2.45) is 4.99 Å². The van der Waals surface area contributed by atoms with Crippen molar-refractivity contribution in [1.29, 1.82) is 0 Å². The maximum Gasteiger partial charge on any atom is 0.264 e. The predicted octanol–water partition coefficient (Wildman–Crippen LogP) is 6.13. The second-order valence-electron chi connectivity index (χ2n) is 7.06. The Morgan fingerprint density at radius 1 is 1.06 bits per heavy atom. The van der Waals surface area contributed by atoms with E-state index in [0.29, 0.717) is 33.2 Å². The number of carbonyl (C=O) groups excluding carboxylic acids is 1. The van der Waals surface area contributed by atoms with Crippen LogP contribution in [0.2, 0.25) is 5.02 Å². The topological polar surface area (TPSA) is 59.9 Å². The van der Waals surface area contributed by atoms with Gasteiger partial charge in [0.1, 0.15) is 6.61 Å². The zero-order valence-corrected chi connectivity index (χ0v) is 19.2. The summed E-state index contributed by atoms with van der Waals surface area (Å²) in [7, 11) is 1.58. The molecule has 1 aliphatic heterocycles. The number of thioether (sulfide) groups is 1. The van der Waals surface area contributed by atoms with Gasteiger partial charge in [-0.3, -0.25) is 4.79 Å². The molecule has 0 unspecified atom stereocenters. The Hall–Kier alpha value is -3.22. The number of amidine groups is 1. The van der Waals surface area contributed by atoms with Crippen LogP contribution in [0.1, 0.15) is 16.7 Å². The van der Waals surface area contributed by atoms with Crippen LogP contribution in [-0.4, -0.2) is 18.2 Å². The van der Waals surface area contributed by atoms with Crippen LogP contribution >= 0.6 is 23.4 Å². The first-order valence-corrected chi connectivity index (χ1v) is 11.1. The van der Waals surface area contributed by atoms with Gasteiger partial charge in [-0.05, 0) is 60.2 Å². The van der Waals surface area contributed by atoms with Gasteiger partial charge in [0.2, 0.25) is 0 Å². The molecule has 0 aliphatic carbocycles. The summed E-state index contributed by atoms with van der Waals surface area (Å²) >= 11 is 7.51. The van der Waals surface area contributed by atoms with Crippen LogP contribution in [0.3, 0.4) is 0 Å². The highest BCUT2D eigenvalue weighted by Gasteiger charge is 2.24. The molecule has 1 saturated heterocycles. The number of benzene rings is 3. The minimum atomic E-state index is -0.180. The maximum absolute atomic E-state index is 12.4. The van der Waals surface area contributed by atoms with Crippen molar-refractivity contribution in [2.75, 3.05) is 7.11 Å². The van der Waals surface area contributed by atoms with Crippen LogP contribution in [0, 0.1) is 6.92 Å². The molecule has 1 aliphatic rings. The van der Waals surface area contributed by atoms with Gasteiger partial charge < -0.3 is 14.8 Å². The van der Waals surface area contributed by atoms with E-state index in [1.54, 1.807) is 13.2 Å². The number of halogens is 1. The summed E-state index contributed by atoms with van der Waals surface area (Å²) in [6, 6.07) is 20.9. The van der Waals surface area contributed by atoms with E-state index in [1.807, 2.05) is 73.7 Å². The van der Waals surface area contributed by atoms with Gasteiger partial charge in [0.15, 0.2) is 16.7 Å². The highest BCUT2D eigenvalue weighted by Crippen LogP contribution is 2.33. The standard InChI is InChI=1S/C25H21ClN2O3S/c1-16-7-3-6-10-20(16)27-25-28-24(29)23(32-25)14-17-11-12-21(22(13-17)30-2)31-15-18-8-4-5-9-19(18)26/h3-14H,15H2,1-2H3,(H,27,28,29)/b23-14-. The van der Waals surface area contributed by atoms with Crippen molar-refractivity contribution in [2.45, 2.75) is 13.5 Å². The SMILES string of the molecule is COc1cc(/C=C2\SC(=Nc3ccccc3C)NC2=O)ccc1OCc1ccccc1Cl. The number of nitrogens with one attached hydrogen (secondary N) is 1. The van der Waals surface area contributed by atoms with E-state index in [2.05, 4.69) is 10.3 Å². The summed E-state index contributed by atoms with van der Waals surface area (Å²) in [5.41, 5.74) is 3.59. The Bertz CT molecular complexity index is 1220. The van der Waals surface area contributed by atoms with Gasteiger partial charge in [-0.15, -0.1) is 0 Å². The number of carbonyl (C=O) groups is 1. The van der Waals surface area contributed by atoms with E-state index in [0.717, 1.165) is 22.4 Å². The Balaban J connectivity index is 1.51. The first-order chi connectivity index (χ1) is 15.5. The monoisotopic (exact) mass is 464 g/mol. The lowest BCUT2D eigenvalue weighted by Crippen LogP contribution is -2.19. The molecule has 0 aromatic heterocycles. The Morgan fingerprint density at radius 2 is 1.84 bits per heavy atom. The van der Waals surface area contributed by atoms with Crippen molar-refractivity contribution < 1.29 is 14.3 Å². The molecule has 3 aromatic carbocycles. The van der Waals surface area contributed by atoms with Gasteiger partial charge in [-0.25, -0.2) is 4.99 Å². The first-order valence-electron chi connectivity index (χ1n) is 9.93. The fourth-order valence-electron chi connectivity index (χ4n) is 3.09. The summed E-state index contributed by atoms with van der Waals surface area (Å²) < 4.78 is 11.4. The van der Waals surface area contributed by atoms with Crippen molar-refractivity contribution >= 4 is 46.2 Å². The number of rotatable bonds is 6. The van der Waals surface area contributed by atoms with Crippen LogP contribution in [0.15, 0.2) is 76.6 Å². The molecule has 0 saturated carbocycles. The lowest BCUT2D eigenvalue weighted by molar-refractivity contribution is -0.115.